The summed E-state index contributed by atoms with van der Waals surface area (Å²) < 4.78 is 5.74. The standard InChI is InChI=1S/C13H17N3OS/c1-9-15-8-12(18-9)11-7-16-13(17-11)3-2-6-14-10-4-5-10/h7-8,10,14H,2-6H2,1H3. The lowest BCUT2D eigenvalue weighted by atomic mass is 10.3. The van der Waals surface area contributed by atoms with E-state index in [-0.39, 0.29) is 0 Å². The van der Waals surface area contributed by atoms with E-state index in [4.69, 9.17) is 4.42 Å². The summed E-state index contributed by atoms with van der Waals surface area (Å²) in [7, 11) is 0. The van der Waals surface area contributed by atoms with Crippen LogP contribution in [0.5, 0.6) is 0 Å². The van der Waals surface area contributed by atoms with E-state index in [0.29, 0.717) is 0 Å². The zero-order valence-corrected chi connectivity index (χ0v) is 11.3. The van der Waals surface area contributed by atoms with E-state index in [0.717, 1.165) is 47.0 Å². The Bertz CT molecular complexity index is 516. The molecule has 4 nitrogen and oxygen atoms in total. The van der Waals surface area contributed by atoms with Crippen LogP contribution in [0, 0.1) is 6.92 Å². The fourth-order valence-corrected chi connectivity index (χ4v) is 2.57. The highest BCUT2D eigenvalue weighted by Gasteiger charge is 2.19. The fourth-order valence-electron chi connectivity index (χ4n) is 1.85. The second-order valence-corrected chi connectivity index (χ2v) is 5.93. The maximum atomic E-state index is 5.74. The van der Waals surface area contributed by atoms with Gasteiger partial charge >= 0.3 is 0 Å². The molecule has 0 radical (unpaired) electrons. The van der Waals surface area contributed by atoms with Gasteiger partial charge in [0, 0.05) is 18.7 Å². The van der Waals surface area contributed by atoms with Crippen LogP contribution in [0.2, 0.25) is 0 Å². The van der Waals surface area contributed by atoms with Gasteiger partial charge in [0.1, 0.15) is 0 Å². The molecule has 18 heavy (non-hydrogen) atoms. The van der Waals surface area contributed by atoms with Crippen LogP contribution < -0.4 is 5.32 Å². The number of nitrogens with one attached hydrogen (secondary N) is 1. The molecule has 0 spiro atoms. The van der Waals surface area contributed by atoms with Crippen LogP contribution in [0.15, 0.2) is 16.8 Å². The summed E-state index contributed by atoms with van der Waals surface area (Å²) in [5, 5.41) is 4.54. The molecule has 0 unspecified atom stereocenters. The molecule has 0 atom stereocenters. The monoisotopic (exact) mass is 263 g/mol. The molecule has 1 aliphatic rings. The summed E-state index contributed by atoms with van der Waals surface area (Å²) in [5.41, 5.74) is 0. The van der Waals surface area contributed by atoms with Crippen LogP contribution in [0.4, 0.5) is 0 Å². The molecule has 2 heterocycles. The van der Waals surface area contributed by atoms with Crippen molar-refractivity contribution in [2.75, 3.05) is 6.54 Å². The minimum Gasteiger partial charge on any atom is -0.440 e. The second-order valence-electron chi connectivity index (χ2n) is 4.69. The predicted octanol–water partition coefficient (Wildman–Crippen LogP) is 2.79. The molecule has 0 saturated heterocycles. The van der Waals surface area contributed by atoms with Crippen molar-refractivity contribution in [3.05, 3.63) is 23.3 Å². The number of rotatable bonds is 6. The molecule has 1 fully saturated rings. The van der Waals surface area contributed by atoms with Crippen molar-refractivity contribution in [1.29, 1.82) is 0 Å². The van der Waals surface area contributed by atoms with E-state index < -0.39 is 0 Å². The van der Waals surface area contributed by atoms with Crippen molar-refractivity contribution in [2.24, 2.45) is 0 Å². The summed E-state index contributed by atoms with van der Waals surface area (Å²) in [6.45, 7) is 3.05. The third-order valence-electron chi connectivity index (χ3n) is 3.00. The Hall–Kier alpha value is -1.20. The average Bonchev–Trinajstić information content (AvgIpc) is 2.88. The molecular formula is C13H17N3OS. The summed E-state index contributed by atoms with van der Waals surface area (Å²) in [4.78, 5) is 9.60. The molecule has 0 aromatic carbocycles. The smallest absolute Gasteiger partial charge is 0.194 e. The molecule has 5 heteroatoms. The van der Waals surface area contributed by atoms with Gasteiger partial charge in [-0.05, 0) is 32.7 Å². The second kappa shape index (κ2) is 5.20. The lowest BCUT2D eigenvalue weighted by Crippen LogP contribution is -2.17. The van der Waals surface area contributed by atoms with Gasteiger partial charge < -0.3 is 9.73 Å². The lowest BCUT2D eigenvalue weighted by Gasteiger charge is -1.99. The predicted molar refractivity (Wildman–Crippen MR) is 71.7 cm³/mol. The molecule has 0 aliphatic heterocycles. The fraction of sp³-hybridized carbons (Fsp3) is 0.538. The highest BCUT2D eigenvalue weighted by atomic mass is 32.1. The Kier molecular flexibility index (Phi) is 3.43. The van der Waals surface area contributed by atoms with Crippen molar-refractivity contribution in [2.45, 2.75) is 38.6 Å². The Morgan fingerprint density at radius 3 is 3.00 bits per heavy atom. The normalized spacial score (nSPS) is 15.2. The van der Waals surface area contributed by atoms with Gasteiger partial charge in [-0.2, -0.15) is 0 Å². The van der Waals surface area contributed by atoms with Gasteiger partial charge in [-0.25, -0.2) is 9.97 Å². The maximum absolute atomic E-state index is 5.74. The minimum absolute atomic E-state index is 0.783. The van der Waals surface area contributed by atoms with Crippen molar-refractivity contribution in [1.82, 2.24) is 15.3 Å². The molecule has 2 aromatic rings. The van der Waals surface area contributed by atoms with Gasteiger partial charge in [-0.15, -0.1) is 11.3 Å². The molecule has 96 valence electrons. The van der Waals surface area contributed by atoms with E-state index in [1.165, 1.54) is 12.8 Å². The number of hydrogen-bond donors (Lipinski definition) is 1. The topological polar surface area (TPSA) is 51.0 Å². The van der Waals surface area contributed by atoms with Gasteiger partial charge in [0.05, 0.1) is 16.1 Å². The summed E-state index contributed by atoms with van der Waals surface area (Å²) in [6.07, 6.45) is 8.31. The molecule has 0 bridgehead atoms. The van der Waals surface area contributed by atoms with Gasteiger partial charge in [0.25, 0.3) is 0 Å². The van der Waals surface area contributed by atoms with Crippen molar-refractivity contribution < 1.29 is 4.42 Å². The van der Waals surface area contributed by atoms with Crippen LogP contribution in [0.3, 0.4) is 0 Å². The molecule has 1 N–H and O–H groups in total. The maximum Gasteiger partial charge on any atom is 0.194 e. The van der Waals surface area contributed by atoms with E-state index in [1.54, 1.807) is 17.5 Å². The van der Waals surface area contributed by atoms with E-state index in [9.17, 15) is 0 Å². The molecule has 2 aromatic heterocycles. The minimum atomic E-state index is 0.783. The van der Waals surface area contributed by atoms with Crippen molar-refractivity contribution >= 4 is 11.3 Å². The molecule has 3 rings (SSSR count). The highest BCUT2D eigenvalue weighted by molar-refractivity contribution is 7.14. The number of aryl methyl sites for hydroxylation is 2. The van der Waals surface area contributed by atoms with Crippen molar-refractivity contribution in [3.63, 3.8) is 0 Å². The van der Waals surface area contributed by atoms with Crippen LogP contribution in [-0.2, 0) is 6.42 Å². The molecule has 1 saturated carbocycles. The first-order chi connectivity index (χ1) is 8.81. The third kappa shape index (κ3) is 2.97. The van der Waals surface area contributed by atoms with Gasteiger partial charge in [0.2, 0.25) is 0 Å². The van der Waals surface area contributed by atoms with E-state index in [1.807, 2.05) is 13.1 Å². The van der Waals surface area contributed by atoms with E-state index >= 15 is 0 Å². The van der Waals surface area contributed by atoms with Gasteiger partial charge in [-0.3, -0.25) is 0 Å². The third-order valence-corrected chi connectivity index (χ3v) is 3.92. The first-order valence-electron chi connectivity index (χ1n) is 6.42. The first-order valence-corrected chi connectivity index (χ1v) is 7.24. The molecule has 0 amide bonds. The largest absolute Gasteiger partial charge is 0.440 e. The number of aromatic nitrogens is 2. The Morgan fingerprint density at radius 1 is 1.39 bits per heavy atom. The Labute approximate surface area is 110 Å². The van der Waals surface area contributed by atoms with E-state index in [2.05, 4.69) is 15.3 Å². The average molecular weight is 263 g/mol. The number of nitrogens with zero attached hydrogens (tertiary/aromatic N) is 2. The highest BCUT2D eigenvalue weighted by Crippen LogP contribution is 2.26. The Balaban J connectivity index is 1.52. The van der Waals surface area contributed by atoms with Crippen LogP contribution in [0.25, 0.3) is 10.6 Å². The summed E-state index contributed by atoms with van der Waals surface area (Å²) in [6, 6.07) is 0.783. The zero-order chi connectivity index (χ0) is 12.4. The van der Waals surface area contributed by atoms with Crippen molar-refractivity contribution in [3.8, 4) is 10.6 Å². The van der Waals surface area contributed by atoms with Crippen LogP contribution >= 0.6 is 11.3 Å². The number of thiazole rings is 1. The van der Waals surface area contributed by atoms with Gasteiger partial charge in [-0.1, -0.05) is 0 Å². The summed E-state index contributed by atoms with van der Waals surface area (Å²) in [5.74, 6) is 1.67. The quantitative estimate of drug-likeness (QED) is 0.814. The van der Waals surface area contributed by atoms with Crippen LogP contribution in [-0.4, -0.2) is 22.6 Å². The number of oxazole rings is 1. The lowest BCUT2D eigenvalue weighted by molar-refractivity contribution is 0.492. The number of hydrogen-bond acceptors (Lipinski definition) is 5. The first kappa shape index (κ1) is 11.9. The SMILES string of the molecule is Cc1ncc(-c2cnc(CCCNC3CC3)o2)s1. The van der Waals surface area contributed by atoms with Gasteiger partial charge in [0.15, 0.2) is 11.7 Å². The van der Waals surface area contributed by atoms with Crippen LogP contribution in [0.1, 0.15) is 30.2 Å². The zero-order valence-electron chi connectivity index (χ0n) is 10.5. The molecular weight excluding hydrogens is 246 g/mol. The Morgan fingerprint density at radius 2 is 2.28 bits per heavy atom. The summed E-state index contributed by atoms with van der Waals surface area (Å²) >= 11 is 1.64. The molecule has 1 aliphatic carbocycles.